The molecule has 0 atom stereocenters. The Labute approximate surface area is 90.0 Å². The number of hydrogen-bond acceptors (Lipinski definition) is 3. The van der Waals surface area contributed by atoms with E-state index in [1.807, 2.05) is 0 Å². The summed E-state index contributed by atoms with van der Waals surface area (Å²) in [4.78, 5) is 9.82. The summed E-state index contributed by atoms with van der Waals surface area (Å²) in [5, 5.41) is 8.25. The fourth-order valence-electron chi connectivity index (χ4n) is 0.203. The molecule has 0 spiro atoms. The van der Waals surface area contributed by atoms with Gasteiger partial charge in [0, 0.05) is 13.0 Å². The van der Waals surface area contributed by atoms with Gasteiger partial charge in [0.25, 0.3) is 0 Å². The van der Waals surface area contributed by atoms with E-state index in [2.05, 4.69) is 4.74 Å². The SMILES string of the molecule is CC(C)O.CCOC(C)=O.ClCCl. The Balaban J connectivity index is -0.000000125. The molecule has 3 nitrogen and oxygen atoms in total. The molecule has 0 rings (SSSR count). The minimum Gasteiger partial charge on any atom is -0.466 e. The van der Waals surface area contributed by atoms with Gasteiger partial charge in [-0.2, -0.15) is 0 Å². The quantitative estimate of drug-likeness (QED) is 0.558. The van der Waals surface area contributed by atoms with Crippen LogP contribution in [0.1, 0.15) is 27.7 Å². The number of hydrogen-bond donors (Lipinski definition) is 1. The normalized spacial score (nSPS) is 7.69. The molecule has 0 unspecified atom stereocenters. The fraction of sp³-hybridized carbons (Fsp3) is 0.875. The second-order valence-corrected chi connectivity index (χ2v) is 2.93. The molecular formula is C8H18Cl2O3. The van der Waals surface area contributed by atoms with Gasteiger partial charge in [-0.3, -0.25) is 4.79 Å². The summed E-state index contributed by atoms with van der Waals surface area (Å²) in [6.45, 7) is 7.10. The third-order valence-corrected chi connectivity index (χ3v) is 0.348. The Bertz CT molecular complexity index is 94.6. The zero-order valence-corrected chi connectivity index (χ0v) is 10.0. The Morgan fingerprint density at radius 3 is 1.69 bits per heavy atom. The van der Waals surface area contributed by atoms with Crippen LogP contribution in [-0.4, -0.2) is 29.1 Å². The molecule has 0 aliphatic carbocycles. The second kappa shape index (κ2) is 17.9. The van der Waals surface area contributed by atoms with Gasteiger partial charge in [-0.05, 0) is 20.8 Å². The summed E-state index contributed by atoms with van der Waals surface area (Å²) < 4.78 is 4.40. The molecule has 0 heterocycles. The summed E-state index contributed by atoms with van der Waals surface area (Å²) in [6, 6.07) is 0. The van der Waals surface area contributed by atoms with Gasteiger partial charge in [-0.1, -0.05) is 0 Å². The third-order valence-electron chi connectivity index (χ3n) is 0.348. The van der Waals surface area contributed by atoms with Crippen molar-refractivity contribution in [3.05, 3.63) is 0 Å². The van der Waals surface area contributed by atoms with Crippen LogP contribution in [0.4, 0.5) is 0 Å². The molecule has 0 bridgehead atoms. The molecule has 0 aromatic rings. The summed E-state index contributed by atoms with van der Waals surface area (Å²) in [5.74, 6) is -0.211. The maximum atomic E-state index is 9.82. The molecule has 0 saturated carbocycles. The van der Waals surface area contributed by atoms with Crippen molar-refractivity contribution < 1.29 is 14.6 Å². The number of carbonyl (C=O) groups excluding carboxylic acids is 1. The fourth-order valence-corrected chi connectivity index (χ4v) is 0.203. The maximum absolute atomic E-state index is 9.82. The number of aliphatic hydroxyl groups is 1. The first-order valence-corrected chi connectivity index (χ1v) is 4.92. The zero-order valence-electron chi connectivity index (χ0n) is 8.51. The lowest BCUT2D eigenvalue weighted by Gasteiger charge is -1.89. The lowest BCUT2D eigenvalue weighted by Crippen LogP contribution is -1.95. The van der Waals surface area contributed by atoms with Crippen molar-refractivity contribution in [2.24, 2.45) is 0 Å². The smallest absolute Gasteiger partial charge is 0.302 e. The van der Waals surface area contributed by atoms with Crippen LogP contribution in [0.25, 0.3) is 0 Å². The minimum absolute atomic E-state index is 0.167. The van der Waals surface area contributed by atoms with Gasteiger partial charge in [-0.25, -0.2) is 0 Å². The van der Waals surface area contributed by atoms with Gasteiger partial charge < -0.3 is 9.84 Å². The van der Waals surface area contributed by atoms with Crippen molar-refractivity contribution in [1.29, 1.82) is 0 Å². The van der Waals surface area contributed by atoms with Crippen LogP contribution in [0.3, 0.4) is 0 Å². The van der Waals surface area contributed by atoms with Crippen molar-refractivity contribution in [2.75, 3.05) is 11.9 Å². The summed E-state index contributed by atoms with van der Waals surface area (Å²) in [6.07, 6.45) is -0.167. The lowest BCUT2D eigenvalue weighted by atomic mass is 10.5. The van der Waals surface area contributed by atoms with E-state index >= 15 is 0 Å². The number of esters is 1. The molecule has 0 aliphatic heterocycles. The van der Waals surface area contributed by atoms with E-state index in [0.717, 1.165) is 0 Å². The number of ether oxygens (including phenoxy) is 1. The molecule has 0 fully saturated rings. The average molecular weight is 233 g/mol. The van der Waals surface area contributed by atoms with Gasteiger partial charge in [0.1, 0.15) is 0 Å². The van der Waals surface area contributed by atoms with E-state index in [9.17, 15) is 4.79 Å². The standard InChI is InChI=1S/C4H8O2.C3H8O.CH2Cl2/c1-3-6-4(2)5;1-3(2)4;2-1-3/h3H2,1-2H3;3-4H,1-2H3;1H2. The highest BCUT2D eigenvalue weighted by Gasteiger charge is 1.81. The van der Waals surface area contributed by atoms with Gasteiger partial charge in [0.2, 0.25) is 0 Å². The number of rotatable bonds is 1. The molecule has 0 aromatic carbocycles. The van der Waals surface area contributed by atoms with Crippen LogP contribution >= 0.6 is 23.2 Å². The first-order chi connectivity index (χ1) is 5.92. The van der Waals surface area contributed by atoms with Gasteiger partial charge in [-0.15, -0.1) is 23.2 Å². The van der Waals surface area contributed by atoms with E-state index in [1.165, 1.54) is 6.92 Å². The number of halogens is 2. The molecule has 0 radical (unpaired) electrons. The van der Waals surface area contributed by atoms with Crippen molar-refractivity contribution in [3.8, 4) is 0 Å². The Morgan fingerprint density at radius 1 is 1.46 bits per heavy atom. The van der Waals surface area contributed by atoms with Crippen LogP contribution in [-0.2, 0) is 9.53 Å². The van der Waals surface area contributed by atoms with E-state index < -0.39 is 0 Å². The molecule has 0 aliphatic rings. The third kappa shape index (κ3) is 133. The van der Waals surface area contributed by atoms with Crippen LogP contribution in [0.15, 0.2) is 0 Å². The highest BCUT2D eigenvalue weighted by molar-refractivity contribution is 6.40. The van der Waals surface area contributed by atoms with Crippen LogP contribution < -0.4 is 0 Å². The summed E-state index contributed by atoms with van der Waals surface area (Å²) in [7, 11) is 0. The molecule has 0 amide bonds. The van der Waals surface area contributed by atoms with Crippen molar-refractivity contribution in [1.82, 2.24) is 0 Å². The topological polar surface area (TPSA) is 46.5 Å². The highest BCUT2D eigenvalue weighted by atomic mass is 35.5. The van der Waals surface area contributed by atoms with Crippen molar-refractivity contribution >= 4 is 29.2 Å². The molecule has 0 aromatic heterocycles. The second-order valence-electron chi connectivity index (χ2n) is 2.12. The molecule has 5 heteroatoms. The first kappa shape index (κ1) is 18.7. The molecular weight excluding hydrogens is 215 g/mol. The first-order valence-electron chi connectivity index (χ1n) is 3.85. The van der Waals surface area contributed by atoms with E-state index in [-0.39, 0.29) is 17.4 Å². The van der Waals surface area contributed by atoms with E-state index in [4.69, 9.17) is 28.3 Å². The molecule has 1 N–H and O–H groups in total. The summed E-state index contributed by atoms with van der Waals surface area (Å²) >= 11 is 9.53. The predicted molar refractivity (Wildman–Crippen MR) is 56.2 cm³/mol. The largest absolute Gasteiger partial charge is 0.466 e. The van der Waals surface area contributed by atoms with Crippen molar-refractivity contribution in [3.63, 3.8) is 0 Å². The molecule has 0 saturated heterocycles. The Morgan fingerprint density at radius 2 is 1.69 bits per heavy atom. The number of aliphatic hydroxyl groups excluding tert-OH is 1. The Hall–Kier alpha value is 0.01000. The van der Waals surface area contributed by atoms with Gasteiger partial charge >= 0.3 is 5.97 Å². The number of carbonyl (C=O) groups is 1. The van der Waals surface area contributed by atoms with E-state index in [1.54, 1.807) is 20.8 Å². The van der Waals surface area contributed by atoms with Crippen LogP contribution in [0.2, 0.25) is 0 Å². The Kier molecular flexibility index (Phi) is 25.8. The van der Waals surface area contributed by atoms with Crippen molar-refractivity contribution in [2.45, 2.75) is 33.8 Å². The minimum atomic E-state index is -0.211. The maximum Gasteiger partial charge on any atom is 0.302 e. The molecule has 82 valence electrons. The molecule has 13 heavy (non-hydrogen) atoms. The highest BCUT2D eigenvalue weighted by Crippen LogP contribution is 1.73. The number of alkyl halides is 2. The zero-order chi connectivity index (χ0) is 11.3. The van der Waals surface area contributed by atoms with Crippen LogP contribution in [0.5, 0.6) is 0 Å². The predicted octanol–water partition coefficient (Wildman–Crippen LogP) is 2.38. The van der Waals surface area contributed by atoms with Gasteiger partial charge in [0.15, 0.2) is 0 Å². The average Bonchev–Trinajstić information content (AvgIpc) is 1.86. The van der Waals surface area contributed by atoms with Crippen LogP contribution in [0, 0.1) is 0 Å². The van der Waals surface area contributed by atoms with E-state index in [0.29, 0.717) is 6.61 Å². The summed E-state index contributed by atoms with van der Waals surface area (Å²) in [5.41, 5.74) is 0. The van der Waals surface area contributed by atoms with Gasteiger partial charge in [0.05, 0.1) is 11.9 Å². The monoisotopic (exact) mass is 232 g/mol. The lowest BCUT2D eigenvalue weighted by molar-refractivity contribution is -0.140.